The molecule has 1 saturated heterocycles. The Labute approximate surface area is 180 Å². The third-order valence-corrected chi connectivity index (χ3v) is 6.24. The van der Waals surface area contributed by atoms with Crippen molar-refractivity contribution in [2.75, 3.05) is 20.3 Å². The molecular formula is C23H25ClN2O4. The van der Waals surface area contributed by atoms with Crippen molar-refractivity contribution in [3.63, 3.8) is 0 Å². The zero-order valence-corrected chi connectivity index (χ0v) is 17.9. The van der Waals surface area contributed by atoms with Crippen LogP contribution in [-0.2, 0) is 14.3 Å². The minimum absolute atomic E-state index is 0.0567. The first-order chi connectivity index (χ1) is 14.5. The van der Waals surface area contributed by atoms with E-state index in [0.29, 0.717) is 47.5 Å². The van der Waals surface area contributed by atoms with E-state index in [9.17, 15) is 9.90 Å². The molecule has 1 fully saturated rings. The molecule has 158 valence electrons. The van der Waals surface area contributed by atoms with E-state index in [1.165, 1.54) is 0 Å². The van der Waals surface area contributed by atoms with Crippen LogP contribution in [0.4, 0.5) is 0 Å². The number of carbonyl (C=O) groups is 1. The molecule has 2 aromatic rings. The van der Waals surface area contributed by atoms with E-state index < -0.39 is 12.0 Å². The molecule has 1 aromatic heterocycles. The molecule has 2 atom stereocenters. The first-order valence-corrected chi connectivity index (χ1v) is 10.5. The van der Waals surface area contributed by atoms with Gasteiger partial charge in [-0.25, -0.2) is 9.97 Å². The van der Waals surface area contributed by atoms with Crippen molar-refractivity contribution in [3.8, 4) is 11.4 Å². The Morgan fingerprint density at radius 1 is 1.23 bits per heavy atom. The van der Waals surface area contributed by atoms with E-state index in [0.717, 1.165) is 24.0 Å². The fourth-order valence-electron chi connectivity index (χ4n) is 4.25. The van der Waals surface area contributed by atoms with Crippen LogP contribution in [0.5, 0.6) is 0 Å². The van der Waals surface area contributed by atoms with E-state index in [4.69, 9.17) is 26.1 Å². The van der Waals surface area contributed by atoms with E-state index >= 15 is 0 Å². The average molecular weight is 429 g/mol. The van der Waals surface area contributed by atoms with Gasteiger partial charge in [-0.1, -0.05) is 11.6 Å². The minimum atomic E-state index is -0.720. The van der Waals surface area contributed by atoms with Crippen molar-refractivity contribution >= 4 is 23.0 Å². The minimum Gasteiger partial charge on any atom is -0.500 e. The monoisotopic (exact) mass is 428 g/mol. The van der Waals surface area contributed by atoms with E-state index in [1.807, 2.05) is 19.1 Å². The lowest BCUT2D eigenvalue weighted by Crippen LogP contribution is -2.36. The predicted molar refractivity (Wildman–Crippen MR) is 114 cm³/mol. The highest BCUT2D eigenvalue weighted by molar-refractivity contribution is 6.30. The molecule has 4 rings (SSSR count). The summed E-state index contributed by atoms with van der Waals surface area (Å²) in [7, 11) is 1.56. The van der Waals surface area contributed by atoms with Crippen LogP contribution < -0.4 is 0 Å². The molecule has 6 nitrogen and oxygen atoms in total. The van der Waals surface area contributed by atoms with Gasteiger partial charge in [0.15, 0.2) is 11.6 Å². The quantitative estimate of drug-likeness (QED) is 0.779. The summed E-state index contributed by atoms with van der Waals surface area (Å²) >= 11 is 5.98. The lowest BCUT2D eigenvalue weighted by atomic mass is 9.83. The highest BCUT2D eigenvalue weighted by atomic mass is 35.5. The van der Waals surface area contributed by atoms with Gasteiger partial charge in [0.2, 0.25) is 0 Å². The van der Waals surface area contributed by atoms with Gasteiger partial charge in [0.05, 0.1) is 30.4 Å². The first-order valence-electron chi connectivity index (χ1n) is 10.2. The van der Waals surface area contributed by atoms with Crippen molar-refractivity contribution in [2.45, 2.75) is 32.3 Å². The molecule has 0 saturated carbocycles. The fourth-order valence-corrected chi connectivity index (χ4v) is 4.37. The summed E-state index contributed by atoms with van der Waals surface area (Å²) in [5.41, 5.74) is 2.60. The highest BCUT2D eigenvalue weighted by Crippen LogP contribution is 2.40. The predicted octanol–water partition coefficient (Wildman–Crippen LogP) is 3.84. The lowest BCUT2D eigenvalue weighted by molar-refractivity contribution is -0.122. The fraction of sp³-hybridized carbons (Fsp3) is 0.435. The van der Waals surface area contributed by atoms with Crippen LogP contribution in [0.1, 0.15) is 30.5 Å². The molecule has 30 heavy (non-hydrogen) atoms. The smallest absolute Gasteiger partial charge is 0.174 e. The lowest BCUT2D eigenvalue weighted by Gasteiger charge is -2.29. The third-order valence-electron chi connectivity index (χ3n) is 5.99. The maximum atomic E-state index is 13.4. The number of allylic oxidation sites excluding steroid dienone is 2. The second-order valence-electron chi connectivity index (χ2n) is 7.85. The number of aliphatic hydroxyl groups is 1. The van der Waals surface area contributed by atoms with Gasteiger partial charge < -0.3 is 14.6 Å². The van der Waals surface area contributed by atoms with Gasteiger partial charge in [-0.15, -0.1) is 0 Å². The number of nitrogens with zero attached hydrogens (tertiary/aromatic N) is 2. The second-order valence-corrected chi connectivity index (χ2v) is 8.29. The molecule has 2 heterocycles. The maximum Gasteiger partial charge on any atom is 0.174 e. The molecule has 1 N–H and O–H groups in total. The van der Waals surface area contributed by atoms with Crippen LogP contribution in [0.25, 0.3) is 17.0 Å². The maximum absolute atomic E-state index is 13.4. The molecule has 7 heteroatoms. The topological polar surface area (TPSA) is 81.5 Å². The van der Waals surface area contributed by atoms with E-state index in [1.54, 1.807) is 25.4 Å². The van der Waals surface area contributed by atoms with Crippen molar-refractivity contribution in [2.24, 2.45) is 11.8 Å². The molecule has 0 radical (unpaired) electrons. The van der Waals surface area contributed by atoms with Gasteiger partial charge in [-0.2, -0.15) is 0 Å². The van der Waals surface area contributed by atoms with Crippen LogP contribution in [-0.4, -0.2) is 47.3 Å². The SMILES string of the molecule is COC1=C(c2nc(-c3ccc(Cl)cc3)ncc2C)C(=O)C(C(O)C2CCOCC2)C1. The number of halogens is 1. The molecule has 0 amide bonds. The van der Waals surface area contributed by atoms with Gasteiger partial charge in [0.1, 0.15) is 5.76 Å². The van der Waals surface area contributed by atoms with Gasteiger partial charge in [-0.05, 0) is 55.5 Å². The zero-order chi connectivity index (χ0) is 21.3. The van der Waals surface area contributed by atoms with Gasteiger partial charge in [-0.3, -0.25) is 4.79 Å². The van der Waals surface area contributed by atoms with Gasteiger partial charge in [0, 0.05) is 36.4 Å². The standard InChI is InChI=1S/C23H25ClN2O4/c1-13-12-25-23(15-3-5-16(24)6-4-15)26-20(13)19-18(29-2)11-17(22(19)28)21(27)14-7-9-30-10-8-14/h3-6,12,14,17,21,27H,7-11H2,1-2H3. The summed E-state index contributed by atoms with van der Waals surface area (Å²) in [6.07, 6.45) is 2.89. The number of hydrogen-bond donors (Lipinski definition) is 1. The Bertz CT molecular complexity index is 968. The number of ether oxygens (including phenoxy) is 2. The molecule has 1 aliphatic heterocycles. The molecule has 2 aliphatic rings. The van der Waals surface area contributed by atoms with Crippen molar-refractivity contribution in [1.82, 2.24) is 9.97 Å². The largest absolute Gasteiger partial charge is 0.500 e. The summed E-state index contributed by atoms with van der Waals surface area (Å²) in [5, 5.41) is 11.6. The number of rotatable bonds is 5. The molecule has 2 unspecified atom stereocenters. The normalized spacial score (nSPS) is 21.2. The van der Waals surface area contributed by atoms with E-state index in [-0.39, 0.29) is 11.7 Å². The van der Waals surface area contributed by atoms with Crippen LogP contribution in [0.3, 0.4) is 0 Å². The number of ketones is 1. The molecule has 1 aliphatic carbocycles. The van der Waals surface area contributed by atoms with Crippen LogP contribution in [0.15, 0.2) is 36.2 Å². The summed E-state index contributed by atoms with van der Waals surface area (Å²) < 4.78 is 11.0. The van der Waals surface area contributed by atoms with Crippen LogP contribution >= 0.6 is 11.6 Å². The van der Waals surface area contributed by atoms with Crippen molar-refractivity contribution in [3.05, 3.63) is 52.5 Å². The Morgan fingerprint density at radius 3 is 2.60 bits per heavy atom. The number of hydrogen-bond acceptors (Lipinski definition) is 6. The van der Waals surface area contributed by atoms with Crippen molar-refractivity contribution < 1.29 is 19.4 Å². The number of Topliss-reactive ketones (excluding diaryl/α,β-unsaturated/α-hetero) is 1. The highest BCUT2D eigenvalue weighted by Gasteiger charge is 2.43. The van der Waals surface area contributed by atoms with Gasteiger partial charge >= 0.3 is 0 Å². The Hall–Kier alpha value is -2.28. The van der Waals surface area contributed by atoms with Crippen LogP contribution in [0.2, 0.25) is 5.02 Å². The number of methoxy groups -OCH3 is 1. The second kappa shape index (κ2) is 8.84. The molecular weight excluding hydrogens is 404 g/mol. The van der Waals surface area contributed by atoms with Crippen LogP contribution in [0, 0.1) is 18.8 Å². The van der Waals surface area contributed by atoms with Gasteiger partial charge in [0.25, 0.3) is 0 Å². The van der Waals surface area contributed by atoms with E-state index in [2.05, 4.69) is 4.98 Å². The number of benzene rings is 1. The summed E-state index contributed by atoms with van der Waals surface area (Å²) in [6.45, 7) is 3.11. The summed E-state index contributed by atoms with van der Waals surface area (Å²) in [4.78, 5) is 22.5. The number of aryl methyl sites for hydroxylation is 1. The summed E-state index contributed by atoms with van der Waals surface area (Å²) in [5.74, 6) is 0.499. The summed E-state index contributed by atoms with van der Waals surface area (Å²) in [6, 6.07) is 7.24. The van der Waals surface area contributed by atoms with Crippen molar-refractivity contribution in [1.29, 1.82) is 0 Å². The Balaban J connectivity index is 1.67. The first kappa shape index (κ1) is 21.0. The Kier molecular flexibility index (Phi) is 6.18. The average Bonchev–Trinajstić information content (AvgIpc) is 3.11. The molecule has 0 spiro atoms. The molecule has 1 aromatic carbocycles. The Morgan fingerprint density at radius 2 is 1.93 bits per heavy atom. The number of aliphatic hydroxyl groups excluding tert-OH is 1. The number of carbonyl (C=O) groups excluding carboxylic acids is 1. The number of aromatic nitrogens is 2. The third kappa shape index (κ3) is 4.00. The zero-order valence-electron chi connectivity index (χ0n) is 17.1. The molecule has 0 bridgehead atoms.